The monoisotopic (exact) mass is 223 g/mol. The molecule has 0 aliphatic rings. The molecule has 3 heteroatoms. The minimum atomic E-state index is 0.305. The number of aromatic nitrogens is 2. The van der Waals surface area contributed by atoms with E-state index in [0.717, 1.165) is 19.5 Å². The number of hydrogen-bond acceptors (Lipinski definition) is 2. The Morgan fingerprint density at radius 3 is 2.62 bits per heavy atom. The molecule has 1 aromatic rings. The molecule has 0 amide bonds. The molecular weight excluding hydrogens is 198 g/mol. The van der Waals surface area contributed by atoms with Gasteiger partial charge in [0.25, 0.3) is 0 Å². The SMILES string of the molecule is CCNCC(C)(Cc1cnn(C)c1)C(C)C. The van der Waals surface area contributed by atoms with Gasteiger partial charge < -0.3 is 5.32 Å². The van der Waals surface area contributed by atoms with Crippen LogP contribution in [0.4, 0.5) is 0 Å². The van der Waals surface area contributed by atoms with Gasteiger partial charge in [-0.2, -0.15) is 5.10 Å². The maximum atomic E-state index is 4.24. The first-order chi connectivity index (χ1) is 7.48. The first-order valence-corrected chi connectivity index (χ1v) is 6.16. The Kier molecular flexibility index (Phi) is 4.54. The summed E-state index contributed by atoms with van der Waals surface area (Å²) in [6.07, 6.45) is 5.19. The third-order valence-electron chi connectivity index (χ3n) is 3.54. The van der Waals surface area contributed by atoms with E-state index in [1.165, 1.54) is 5.56 Å². The Hall–Kier alpha value is -0.830. The Morgan fingerprint density at radius 2 is 2.19 bits per heavy atom. The minimum absolute atomic E-state index is 0.305. The summed E-state index contributed by atoms with van der Waals surface area (Å²) in [5, 5.41) is 7.71. The molecule has 0 radical (unpaired) electrons. The number of hydrogen-bond donors (Lipinski definition) is 1. The molecule has 0 fully saturated rings. The summed E-state index contributed by atoms with van der Waals surface area (Å²) in [7, 11) is 1.97. The van der Waals surface area contributed by atoms with Gasteiger partial charge in [0.05, 0.1) is 6.20 Å². The predicted octanol–water partition coefficient (Wildman–Crippen LogP) is 2.23. The maximum Gasteiger partial charge on any atom is 0.0521 e. The highest BCUT2D eigenvalue weighted by molar-refractivity contribution is 5.07. The van der Waals surface area contributed by atoms with Crippen molar-refractivity contribution in [1.29, 1.82) is 0 Å². The van der Waals surface area contributed by atoms with Crippen LogP contribution in [0.1, 0.15) is 33.3 Å². The molecule has 1 heterocycles. The van der Waals surface area contributed by atoms with Crippen LogP contribution in [0.5, 0.6) is 0 Å². The summed E-state index contributed by atoms with van der Waals surface area (Å²) in [5.74, 6) is 0.659. The van der Waals surface area contributed by atoms with Crippen molar-refractivity contribution in [3.05, 3.63) is 18.0 Å². The fourth-order valence-corrected chi connectivity index (χ4v) is 1.91. The molecule has 3 nitrogen and oxygen atoms in total. The molecule has 0 saturated heterocycles. The molecule has 1 N–H and O–H groups in total. The quantitative estimate of drug-likeness (QED) is 0.801. The average molecular weight is 223 g/mol. The van der Waals surface area contributed by atoms with Gasteiger partial charge in [0.15, 0.2) is 0 Å². The standard InChI is InChI=1S/C13H25N3/c1-6-14-10-13(4,11(2)3)7-12-8-15-16(5)9-12/h8-9,11,14H,6-7,10H2,1-5H3. The van der Waals surface area contributed by atoms with Gasteiger partial charge >= 0.3 is 0 Å². The molecule has 92 valence electrons. The van der Waals surface area contributed by atoms with E-state index >= 15 is 0 Å². The second-order valence-corrected chi connectivity index (χ2v) is 5.29. The Morgan fingerprint density at radius 1 is 1.50 bits per heavy atom. The summed E-state index contributed by atoms with van der Waals surface area (Å²) in [5.41, 5.74) is 1.63. The molecule has 0 aliphatic carbocycles. The molecule has 0 saturated carbocycles. The van der Waals surface area contributed by atoms with Crippen LogP contribution in [-0.2, 0) is 13.5 Å². The number of nitrogens with one attached hydrogen (secondary N) is 1. The smallest absolute Gasteiger partial charge is 0.0521 e. The molecule has 16 heavy (non-hydrogen) atoms. The van der Waals surface area contributed by atoms with Crippen molar-refractivity contribution in [1.82, 2.24) is 15.1 Å². The van der Waals surface area contributed by atoms with Crippen molar-refractivity contribution in [2.45, 2.75) is 34.1 Å². The molecule has 1 aromatic heterocycles. The van der Waals surface area contributed by atoms with Gasteiger partial charge in [0.1, 0.15) is 0 Å². The average Bonchev–Trinajstić information content (AvgIpc) is 2.60. The Labute approximate surface area is 99.2 Å². The van der Waals surface area contributed by atoms with Gasteiger partial charge in [-0.25, -0.2) is 0 Å². The first kappa shape index (κ1) is 13.2. The Balaban J connectivity index is 2.70. The lowest BCUT2D eigenvalue weighted by Gasteiger charge is -2.34. The van der Waals surface area contributed by atoms with E-state index in [4.69, 9.17) is 0 Å². The van der Waals surface area contributed by atoms with Crippen molar-refractivity contribution in [3.63, 3.8) is 0 Å². The second kappa shape index (κ2) is 5.48. The summed E-state index contributed by atoms with van der Waals surface area (Å²) in [6.45, 7) is 11.2. The van der Waals surface area contributed by atoms with Gasteiger partial charge in [-0.05, 0) is 29.9 Å². The molecule has 0 spiro atoms. The van der Waals surface area contributed by atoms with Crippen LogP contribution in [0.25, 0.3) is 0 Å². The molecule has 1 unspecified atom stereocenters. The lowest BCUT2D eigenvalue weighted by Crippen LogP contribution is -2.37. The fourth-order valence-electron chi connectivity index (χ4n) is 1.91. The zero-order chi connectivity index (χ0) is 12.2. The van der Waals surface area contributed by atoms with E-state index in [0.29, 0.717) is 11.3 Å². The molecule has 1 atom stereocenters. The highest BCUT2D eigenvalue weighted by Gasteiger charge is 2.28. The summed E-state index contributed by atoms with van der Waals surface area (Å²) in [6, 6.07) is 0. The molecular formula is C13H25N3. The van der Waals surface area contributed by atoms with Crippen LogP contribution in [-0.4, -0.2) is 22.9 Å². The third kappa shape index (κ3) is 3.34. The van der Waals surface area contributed by atoms with Gasteiger partial charge in [-0.1, -0.05) is 27.7 Å². The van der Waals surface area contributed by atoms with Crippen molar-refractivity contribution < 1.29 is 0 Å². The van der Waals surface area contributed by atoms with Crippen LogP contribution >= 0.6 is 0 Å². The Bertz CT molecular complexity index is 317. The van der Waals surface area contributed by atoms with Crippen molar-refractivity contribution in [2.24, 2.45) is 18.4 Å². The van der Waals surface area contributed by atoms with E-state index in [2.05, 4.69) is 44.3 Å². The molecule has 0 bridgehead atoms. The number of rotatable bonds is 6. The highest BCUT2D eigenvalue weighted by Crippen LogP contribution is 2.30. The predicted molar refractivity (Wildman–Crippen MR) is 68.4 cm³/mol. The normalized spacial score (nSPS) is 15.4. The van der Waals surface area contributed by atoms with Crippen LogP contribution in [0.15, 0.2) is 12.4 Å². The van der Waals surface area contributed by atoms with E-state index in [-0.39, 0.29) is 0 Å². The molecule has 1 rings (SSSR count). The summed E-state index contributed by atoms with van der Waals surface area (Å²) >= 11 is 0. The van der Waals surface area contributed by atoms with Gasteiger partial charge in [-0.3, -0.25) is 4.68 Å². The van der Waals surface area contributed by atoms with E-state index in [9.17, 15) is 0 Å². The third-order valence-corrected chi connectivity index (χ3v) is 3.54. The maximum absolute atomic E-state index is 4.24. The van der Waals surface area contributed by atoms with Crippen LogP contribution < -0.4 is 5.32 Å². The van der Waals surface area contributed by atoms with Gasteiger partial charge in [0.2, 0.25) is 0 Å². The number of aryl methyl sites for hydroxylation is 1. The highest BCUT2D eigenvalue weighted by atomic mass is 15.2. The van der Waals surface area contributed by atoms with Gasteiger partial charge in [0, 0.05) is 19.8 Å². The minimum Gasteiger partial charge on any atom is -0.316 e. The van der Waals surface area contributed by atoms with E-state index in [1.807, 2.05) is 17.9 Å². The number of nitrogens with zero attached hydrogens (tertiary/aromatic N) is 2. The van der Waals surface area contributed by atoms with Crippen molar-refractivity contribution in [3.8, 4) is 0 Å². The molecule has 0 aromatic carbocycles. The van der Waals surface area contributed by atoms with Gasteiger partial charge in [-0.15, -0.1) is 0 Å². The largest absolute Gasteiger partial charge is 0.316 e. The lowest BCUT2D eigenvalue weighted by atomic mass is 9.75. The summed E-state index contributed by atoms with van der Waals surface area (Å²) in [4.78, 5) is 0. The topological polar surface area (TPSA) is 29.9 Å². The first-order valence-electron chi connectivity index (χ1n) is 6.16. The fraction of sp³-hybridized carbons (Fsp3) is 0.769. The zero-order valence-electron chi connectivity index (χ0n) is 11.2. The van der Waals surface area contributed by atoms with Crippen LogP contribution in [0.3, 0.4) is 0 Å². The summed E-state index contributed by atoms with van der Waals surface area (Å²) < 4.78 is 1.88. The molecule has 0 aliphatic heterocycles. The lowest BCUT2D eigenvalue weighted by molar-refractivity contribution is 0.209. The van der Waals surface area contributed by atoms with Crippen molar-refractivity contribution in [2.75, 3.05) is 13.1 Å². The van der Waals surface area contributed by atoms with Crippen LogP contribution in [0, 0.1) is 11.3 Å². The zero-order valence-corrected chi connectivity index (χ0v) is 11.2. The van der Waals surface area contributed by atoms with Crippen molar-refractivity contribution >= 4 is 0 Å². The van der Waals surface area contributed by atoms with E-state index < -0.39 is 0 Å². The van der Waals surface area contributed by atoms with Crippen LogP contribution in [0.2, 0.25) is 0 Å². The second-order valence-electron chi connectivity index (χ2n) is 5.29. The van der Waals surface area contributed by atoms with E-state index in [1.54, 1.807) is 0 Å².